The Bertz CT molecular complexity index is 280. The maximum atomic E-state index is 11.5. The average Bonchev–Trinajstić information content (AvgIpc) is 2.25. The molecule has 0 bridgehead atoms. The zero-order valence-electron chi connectivity index (χ0n) is 11.4. The smallest absolute Gasteiger partial charge is 0.408 e. The molecule has 0 saturated carbocycles. The fraction of sp³-hybridized carbons (Fsp3) is 0.909. The first-order valence-electron chi connectivity index (χ1n) is 5.92. The highest BCUT2D eigenvalue weighted by atomic mass is 16.7. The Balaban J connectivity index is 2.35. The molecule has 1 saturated heterocycles. The van der Waals surface area contributed by atoms with E-state index in [1.165, 1.54) is 0 Å². The minimum Gasteiger partial charge on any atom is -0.444 e. The number of carbonyl (C=O) groups excluding carboxylic acids is 1. The van der Waals surface area contributed by atoms with Crippen LogP contribution in [0.4, 0.5) is 4.79 Å². The third kappa shape index (κ3) is 5.18. The number of nitrogens with zero attached hydrogens (tertiary/aromatic N) is 1. The fourth-order valence-electron chi connectivity index (χ4n) is 1.50. The van der Waals surface area contributed by atoms with Gasteiger partial charge in [0.2, 0.25) is 0 Å². The van der Waals surface area contributed by atoms with Gasteiger partial charge in [0, 0.05) is 7.11 Å². The second-order valence-electron chi connectivity index (χ2n) is 5.17. The number of hydrogen-bond acceptors (Lipinski definition) is 6. The van der Waals surface area contributed by atoms with Gasteiger partial charge in [-0.1, -0.05) is 0 Å². The lowest BCUT2D eigenvalue weighted by Crippen LogP contribution is -2.57. The minimum absolute atomic E-state index is 0.258. The van der Waals surface area contributed by atoms with Gasteiger partial charge in [-0.25, -0.2) is 4.79 Å². The van der Waals surface area contributed by atoms with E-state index in [0.717, 1.165) is 0 Å². The Hall–Kier alpha value is -0.890. The number of methoxy groups -OCH3 is 1. The van der Waals surface area contributed by atoms with Gasteiger partial charge in [-0.2, -0.15) is 0 Å². The molecule has 0 spiro atoms. The van der Waals surface area contributed by atoms with Gasteiger partial charge in [-0.05, 0) is 20.8 Å². The number of hydrogen-bond donors (Lipinski definition) is 2. The summed E-state index contributed by atoms with van der Waals surface area (Å²) in [7, 11) is 1.57. The van der Waals surface area contributed by atoms with Crippen molar-refractivity contribution in [3.8, 4) is 0 Å². The molecule has 1 aliphatic rings. The summed E-state index contributed by atoms with van der Waals surface area (Å²) in [6.07, 6.45) is -1.04. The van der Waals surface area contributed by atoms with E-state index >= 15 is 0 Å². The zero-order chi connectivity index (χ0) is 13.8. The third-order valence-electron chi connectivity index (χ3n) is 2.39. The molecule has 0 radical (unpaired) electrons. The topological polar surface area (TPSA) is 86.0 Å². The van der Waals surface area contributed by atoms with Crippen molar-refractivity contribution in [1.29, 1.82) is 0 Å². The molecule has 0 aromatic carbocycles. The molecule has 2 atom stereocenters. The molecule has 7 heteroatoms. The summed E-state index contributed by atoms with van der Waals surface area (Å²) in [6, 6.07) is 0. The maximum Gasteiger partial charge on any atom is 0.408 e. The van der Waals surface area contributed by atoms with Crippen LogP contribution in [0, 0.1) is 0 Å². The first-order chi connectivity index (χ1) is 8.31. The van der Waals surface area contributed by atoms with Crippen LogP contribution >= 0.6 is 0 Å². The van der Waals surface area contributed by atoms with E-state index in [4.69, 9.17) is 19.9 Å². The number of amides is 1. The molecular weight excluding hydrogens is 238 g/mol. The second-order valence-corrected chi connectivity index (χ2v) is 5.17. The van der Waals surface area contributed by atoms with Crippen LogP contribution in [0.15, 0.2) is 0 Å². The summed E-state index contributed by atoms with van der Waals surface area (Å²) in [4.78, 5) is 13.4. The summed E-state index contributed by atoms with van der Waals surface area (Å²) in [5.74, 6) is 0. The summed E-state index contributed by atoms with van der Waals surface area (Å²) in [5.41, 5.74) is 5.35. The fourth-order valence-corrected chi connectivity index (χ4v) is 1.50. The van der Waals surface area contributed by atoms with Crippen molar-refractivity contribution >= 4 is 6.09 Å². The molecule has 106 valence electrons. The predicted molar refractivity (Wildman–Crippen MR) is 65.7 cm³/mol. The first kappa shape index (κ1) is 15.2. The highest BCUT2D eigenvalue weighted by molar-refractivity contribution is 5.67. The van der Waals surface area contributed by atoms with Crippen molar-refractivity contribution in [3.63, 3.8) is 0 Å². The Morgan fingerprint density at radius 3 is 2.78 bits per heavy atom. The monoisotopic (exact) mass is 261 g/mol. The number of rotatable bonds is 3. The maximum absolute atomic E-state index is 11.5. The van der Waals surface area contributed by atoms with Gasteiger partial charge in [-0.3, -0.25) is 4.90 Å². The van der Waals surface area contributed by atoms with Gasteiger partial charge >= 0.3 is 6.09 Å². The minimum atomic E-state index is -0.508. The van der Waals surface area contributed by atoms with E-state index in [-0.39, 0.29) is 12.5 Å². The Kier molecular flexibility index (Phi) is 5.33. The molecule has 0 aliphatic carbocycles. The Morgan fingerprint density at radius 2 is 2.22 bits per heavy atom. The largest absolute Gasteiger partial charge is 0.444 e. The normalized spacial score (nSPS) is 25.8. The summed E-state index contributed by atoms with van der Waals surface area (Å²) in [5, 5.41) is 2.66. The first-order valence-corrected chi connectivity index (χ1v) is 5.92. The number of nitrogens with two attached hydrogens (primary N) is 1. The van der Waals surface area contributed by atoms with Crippen molar-refractivity contribution in [2.24, 2.45) is 5.73 Å². The highest BCUT2D eigenvalue weighted by Gasteiger charge is 2.27. The predicted octanol–water partition coefficient (Wildman–Crippen LogP) is 0.0581. The molecule has 3 N–H and O–H groups in total. The average molecular weight is 261 g/mol. The van der Waals surface area contributed by atoms with Gasteiger partial charge < -0.3 is 25.3 Å². The Labute approximate surface area is 108 Å². The molecule has 1 heterocycles. The van der Waals surface area contributed by atoms with Gasteiger partial charge in [0.05, 0.1) is 26.0 Å². The van der Waals surface area contributed by atoms with E-state index in [0.29, 0.717) is 19.8 Å². The van der Waals surface area contributed by atoms with E-state index in [1.54, 1.807) is 7.11 Å². The SMILES string of the molecule is COC1CN(CNC(=O)OC(C)(C)C)C(N)CO1. The van der Waals surface area contributed by atoms with Gasteiger partial charge in [0.15, 0.2) is 6.29 Å². The van der Waals surface area contributed by atoms with Crippen molar-refractivity contribution in [1.82, 2.24) is 10.2 Å². The van der Waals surface area contributed by atoms with E-state index in [1.807, 2.05) is 25.7 Å². The van der Waals surface area contributed by atoms with Crippen LogP contribution in [0.1, 0.15) is 20.8 Å². The molecule has 7 nitrogen and oxygen atoms in total. The molecule has 2 unspecified atom stereocenters. The number of alkyl carbamates (subject to hydrolysis) is 1. The second kappa shape index (κ2) is 6.33. The third-order valence-corrected chi connectivity index (χ3v) is 2.39. The van der Waals surface area contributed by atoms with Crippen LogP contribution < -0.4 is 11.1 Å². The molecule has 1 fully saturated rings. The van der Waals surface area contributed by atoms with Crippen molar-refractivity contribution in [2.45, 2.75) is 38.8 Å². The molecule has 1 amide bonds. The number of morpholine rings is 1. The number of nitrogens with one attached hydrogen (secondary N) is 1. The molecule has 0 aromatic heterocycles. The molecule has 1 aliphatic heterocycles. The van der Waals surface area contributed by atoms with E-state index < -0.39 is 11.7 Å². The van der Waals surface area contributed by atoms with Crippen molar-refractivity contribution in [3.05, 3.63) is 0 Å². The summed E-state index contributed by atoms with van der Waals surface area (Å²) in [6.45, 7) is 6.62. The lowest BCUT2D eigenvalue weighted by molar-refractivity contribution is -0.181. The summed E-state index contributed by atoms with van der Waals surface area (Å²) < 4.78 is 15.6. The standard InChI is InChI=1S/C11H23N3O4/c1-11(2,3)18-10(15)13-7-14-5-9(16-4)17-6-8(14)12/h8-9H,5-7,12H2,1-4H3,(H,13,15). The molecule has 0 aromatic rings. The van der Waals surface area contributed by atoms with Crippen LogP contribution in [0.25, 0.3) is 0 Å². The quantitative estimate of drug-likeness (QED) is 0.747. The molecule has 1 rings (SSSR count). The lowest BCUT2D eigenvalue weighted by Gasteiger charge is -2.36. The van der Waals surface area contributed by atoms with Crippen LogP contribution in [0.5, 0.6) is 0 Å². The van der Waals surface area contributed by atoms with Crippen LogP contribution in [0.3, 0.4) is 0 Å². The van der Waals surface area contributed by atoms with Gasteiger partial charge in [0.1, 0.15) is 5.60 Å². The van der Waals surface area contributed by atoms with Gasteiger partial charge in [-0.15, -0.1) is 0 Å². The highest BCUT2D eigenvalue weighted by Crippen LogP contribution is 2.09. The van der Waals surface area contributed by atoms with Crippen LogP contribution in [0.2, 0.25) is 0 Å². The summed E-state index contributed by atoms with van der Waals surface area (Å²) >= 11 is 0. The van der Waals surface area contributed by atoms with Crippen molar-refractivity contribution in [2.75, 3.05) is 26.9 Å². The van der Waals surface area contributed by atoms with E-state index in [2.05, 4.69) is 5.32 Å². The molecular formula is C11H23N3O4. The lowest BCUT2D eigenvalue weighted by atomic mass is 10.2. The van der Waals surface area contributed by atoms with Gasteiger partial charge in [0.25, 0.3) is 0 Å². The Morgan fingerprint density at radius 1 is 1.56 bits per heavy atom. The molecule has 18 heavy (non-hydrogen) atoms. The zero-order valence-corrected chi connectivity index (χ0v) is 11.4. The van der Waals surface area contributed by atoms with Crippen molar-refractivity contribution < 1.29 is 19.0 Å². The van der Waals surface area contributed by atoms with Crippen LogP contribution in [-0.4, -0.2) is 56.0 Å². The van der Waals surface area contributed by atoms with Crippen LogP contribution in [-0.2, 0) is 14.2 Å². The van der Waals surface area contributed by atoms with E-state index in [9.17, 15) is 4.79 Å². The number of ether oxygens (including phenoxy) is 3. The number of carbonyl (C=O) groups is 1.